The molecule has 7 heteroatoms. The number of benzene rings is 6. The number of rotatable bonds is 6. The van der Waals surface area contributed by atoms with Gasteiger partial charge in [0.1, 0.15) is 0 Å². The summed E-state index contributed by atoms with van der Waals surface area (Å²) in [6.07, 6.45) is 0. The summed E-state index contributed by atoms with van der Waals surface area (Å²) in [7, 11) is -0.892. The SMILES string of the molecule is CC(=O)[O-].CC(=O)[O-].[Pt+2].c1ccc(P(c2ccccc2)c2ccccc2)cc1.c1ccc(P(c2ccccc2)c2ccccc2)cc1. The molecule has 0 aliphatic carbocycles. The molecule has 0 heterocycles. The van der Waals surface area contributed by atoms with Crippen LogP contribution in [0, 0.1) is 0 Å². The Hall–Kier alpha value is -4.19. The van der Waals surface area contributed by atoms with Crippen molar-refractivity contribution in [3.8, 4) is 0 Å². The average molecular weight is 838 g/mol. The van der Waals surface area contributed by atoms with Crippen molar-refractivity contribution in [2.45, 2.75) is 13.8 Å². The van der Waals surface area contributed by atoms with E-state index < -0.39 is 27.8 Å². The van der Waals surface area contributed by atoms with Gasteiger partial charge in [0, 0.05) is 11.9 Å². The molecule has 0 saturated heterocycles. The Balaban J connectivity index is 0.000000262. The minimum absolute atomic E-state index is 0. The Morgan fingerprint density at radius 3 is 0.553 bits per heavy atom. The molecule has 0 N–H and O–H groups in total. The van der Waals surface area contributed by atoms with E-state index in [2.05, 4.69) is 182 Å². The zero-order chi connectivity index (χ0) is 33.0. The van der Waals surface area contributed by atoms with Crippen LogP contribution in [0.4, 0.5) is 0 Å². The van der Waals surface area contributed by atoms with Crippen LogP contribution in [0.5, 0.6) is 0 Å². The van der Waals surface area contributed by atoms with Gasteiger partial charge in [-0.2, -0.15) is 0 Å². The quantitative estimate of drug-likeness (QED) is 0.233. The van der Waals surface area contributed by atoms with Crippen molar-refractivity contribution < 1.29 is 40.9 Å². The van der Waals surface area contributed by atoms with Gasteiger partial charge in [0.05, 0.1) is 0 Å². The molecule has 0 spiro atoms. The predicted molar refractivity (Wildman–Crippen MR) is 192 cm³/mol. The van der Waals surface area contributed by atoms with Crippen LogP contribution >= 0.6 is 15.8 Å². The van der Waals surface area contributed by atoms with Gasteiger partial charge in [0.15, 0.2) is 0 Å². The van der Waals surface area contributed by atoms with E-state index in [4.69, 9.17) is 19.8 Å². The first-order valence-corrected chi connectivity index (χ1v) is 17.3. The van der Waals surface area contributed by atoms with Crippen LogP contribution in [0.2, 0.25) is 0 Å². The number of carboxylic acids is 2. The minimum Gasteiger partial charge on any atom is -0.550 e. The monoisotopic (exact) mass is 837 g/mol. The van der Waals surface area contributed by atoms with Gasteiger partial charge in [-0.15, -0.1) is 0 Å². The van der Waals surface area contributed by atoms with E-state index in [-0.39, 0.29) is 21.1 Å². The van der Waals surface area contributed by atoms with Crippen molar-refractivity contribution in [3.05, 3.63) is 182 Å². The first kappa shape index (κ1) is 39.0. The molecule has 0 aliphatic rings. The van der Waals surface area contributed by atoms with Crippen molar-refractivity contribution >= 4 is 59.6 Å². The largest absolute Gasteiger partial charge is 2.00 e. The zero-order valence-corrected chi connectivity index (χ0v) is 30.2. The van der Waals surface area contributed by atoms with E-state index in [1.165, 1.54) is 31.8 Å². The maximum absolute atomic E-state index is 8.89. The third kappa shape index (κ3) is 14.4. The van der Waals surface area contributed by atoms with Crippen LogP contribution in [0.15, 0.2) is 182 Å². The molecular formula is C40H36O4P2Pt. The second-order valence-corrected chi connectivity index (χ2v) is 14.1. The van der Waals surface area contributed by atoms with Crippen LogP contribution in [0.1, 0.15) is 13.8 Å². The summed E-state index contributed by atoms with van der Waals surface area (Å²) in [5.41, 5.74) is 0. The molecule has 0 saturated carbocycles. The second-order valence-electron chi connectivity index (χ2n) is 9.67. The number of carboxylic acid groups (broad SMARTS) is 2. The molecule has 0 amide bonds. The Morgan fingerprint density at radius 1 is 0.340 bits per heavy atom. The topological polar surface area (TPSA) is 80.3 Å². The molecule has 0 fully saturated rings. The summed E-state index contributed by atoms with van der Waals surface area (Å²) in [5, 5.41) is 26.2. The summed E-state index contributed by atoms with van der Waals surface area (Å²) in [5.74, 6) is -2.17. The van der Waals surface area contributed by atoms with Gasteiger partial charge in [-0.3, -0.25) is 0 Å². The molecule has 0 unspecified atom stereocenters. The summed E-state index contributed by atoms with van der Waals surface area (Å²) in [4.78, 5) is 17.8. The molecule has 6 aromatic rings. The van der Waals surface area contributed by atoms with Crippen molar-refractivity contribution in [2.24, 2.45) is 0 Å². The van der Waals surface area contributed by atoms with Gasteiger partial charge in [-0.1, -0.05) is 182 Å². The Bertz CT molecular complexity index is 1370. The van der Waals surface area contributed by atoms with E-state index in [9.17, 15) is 0 Å². The van der Waals surface area contributed by atoms with Crippen LogP contribution in [0.3, 0.4) is 0 Å². The molecule has 47 heavy (non-hydrogen) atoms. The molecular weight excluding hydrogens is 801 g/mol. The summed E-state index contributed by atoms with van der Waals surface area (Å²) < 4.78 is 0. The fourth-order valence-electron chi connectivity index (χ4n) is 4.36. The summed E-state index contributed by atoms with van der Waals surface area (Å²) in [6.45, 7) is 1.94. The second kappa shape index (κ2) is 22.4. The van der Waals surface area contributed by atoms with E-state index in [0.717, 1.165) is 13.8 Å². The van der Waals surface area contributed by atoms with E-state index >= 15 is 0 Å². The molecule has 6 aromatic carbocycles. The molecule has 0 radical (unpaired) electrons. The number of hydrogen-bond acceptors (Lipinski definition) is 4. The summed E-state index contributed by atoms with van der Waals surface area (Å²) in [6, 6.07) is 64.7. The van der Waals surface area contributed by atoms with Crippen LogP contribution in [-0.2, 0) is 30.7 Å². The maximum Gasteiger partial charge on any atom is 2.00 e. The Kier molecular flexibility index (Phi) is 18.5. The fraction of sp³-hybridized carbons (Fsp3) is 0.0500. The van der Waals surface area contributed by atoms with E-state index in [0.29, 0.717) is 0 Å². The maximum atomic E-state index is 8.89. The van der Waals surface area contributed by atoms with Gasteiger partial charge >= 0.3 is 21.1 Å². The third-order valence-corrected chi connectivity index (χ3v) is 11.0. The van der Waals surface area contributed by atoms with E-state index in [1.807, 2.05) is 0 Å². The molecule has 0 atom stereocenters. The number of carbonyl (C=O) groups is 2. The van der Waals surface area contributed by atoms with Crippen LogP contribution < -0.4 is 42.0 Å². The fourth-order valence-corrected chi connectivity index (χ4v) is 8.97. The normalized spacial score (nSPS) is 9.62. The van der Waals surface area contributed by atoms with Gasteiger partial charge in [0.25, 0.3) is 0 Å². The van der Waals surface area contributed by atoms with Gasteiger partial charge in [0.2, 0.25) is 0 Å². The molecule has 0 aromatic heterocycles. The standard InChI is InChI=1S/2C18H15P.2C2H4O2.Pt/c2*1-4-10-16(11-5-1)19(17-12-6-2-7-13-17)18-14-8-3-9-15-18;2*1-2(3)4;/h2*1-15H;2*1H3,(H,3,4);/q;;;;+2/p-2. The third-order valence-electron chi connectivity index (χ3n) is 6.09. The Labute approximate surface area is 294 Å². The molecule has 6 rings (SSSR count). The smallest absolute Gasteiger partial charge is 0.550 e. The van der Waals surface area contributed by atoms with Crippen molar-refractivity contribution in [2.75, 3.05) is 0 Å². The molecule has 4 nitrogen and oxygen atoms in total. The van der Waals surface area contributed by atoms with Crippen LogP contribution in [-0.4, -0.2) is 11.9 Å². The van der Waals surface area contributed by atoms with Gasteiger partial charge < -0.3 is 19.8 Å². The summed E-state index contributed by atoms with van der Waals surface area (Å²) >= 11 is 0. The number of carbonyl (C=O) groups excluding carboxylic acids is 2. The first-order valence-electron chi connectivity index (χ1n) is 14.6. The average Bonchev–Trinajstić information content (AvgIpc) is 3.08. The Morgan fingerprint density at radius 2 is 0.447 bits per heavy atom. The zero-order valence-electron chi connectivity index (χ0n) is 26.2. The predicted octanol–water partition coefficient (Wildman–Crippen LogP) is 4.40. The number of aliphatic carboxylic acids is 2. The first-order chi connectivity index (χ1) is 22.4. The molecule has 0 bridgehead atoms. The minimum atomic E-state index is -1.08. The molecule has 240 valence electrons. The van der Waals surface area contributed by atoms with E-state index in [1.54, 1.807) is 0 Å². The van der Waals surface area contributed by atoms with Crippen molar-refractivity contribution in [3.63, 3.8) is 0 Å². The van der Waals surface area contributed by atoms with Gasteiger partial charge in [-0.05, 0) is 61.5 Å². The van der Waals surface area contributed by atoms with Crippen molar-refractivity contribution in [1.29, 1.82) is 0 Å². The van der Waals surface area contributed by atoms with Gasteiger partial charge in [-0.25, -0.2) is 0 Å². The van der Waals surface area contributed by atoms with Crippen molar-refractivity contribution in [1.82, 2.24) is 0 Å². The molecule has 0 aliphatic heterocycles. The number of hydrogen-bond donors (Lipinski definition) is 0. The van der Waals surface area contributed by atoms with Crippen LogP contribution in [0.25, 0.3) is 0 Å².